The number of aldehydes is 1. The zero-order valence-corrected chi connectivity index (χ0v) is 8.34. The van der Waals surface area contributed by atoms with Crippen molar-refractivity contribution in [1.29, 1.82) is 0 Å². The monoisotopic (exact) mass is 191 g/mol. The van der Waals surface area contributed by atoms with Gasteiger partial charge in [0, 0.05) is 38.5 Å². The third-order valence-electron chi connectivity index (χ3n) is 1.60. The summed E-state index contributed by atoms with van der Waals surface area (Å²) >= 11 is 0. The molecular formula is C10H13N3O. The van der Waals surface area contributed by atoms with Crippen molar-refractivity contribution in [1.82, 2.24) is 9.97 Å². The Bertz CT molecular complexity index is 317. The first-order valence-electron chi connectivity index (χ1n) is 4.33. The smallest absolute Gasteiger partial charge is 0.224 e. The molecule has 0 amide bonds. The van der Waals surface area contributed by atoms with Crippen LogP contribution < -0.4 is 4.90 Å². The second-order valence-corrected chi connectivity index (χ2v) is 3.02. The maximum Gasteiger partial charge on any atom is 0.224 e. The summed E-state index contributed by atoms with van der Waals surface area (Å²) in [5, 5.41) is 0. The Labute approximate surface area is 83.3 Å². The predicted molar refractivity (Wildman–Crippen MR) is 56.1 cm³/mol. The average molecular weight is 191 g/mol. The number of hydrogen-bond donors (Lipinski definition) is 0. The Morgan fingerprint density at radius 3 is 2.50 bits per heavy atom. The second kappa shape index (κ2) is 5.11. The van der Waals surface area contributed by atoms with Gasteiger partial charge >= 0.3 is 0 Å². The van der Waals surface area contributed by atoms with Gasteiger partial charge < -0.3 is 9.69 Å². The predicted octanol–water partition coefficient (Wildman–Crippen LogP) is 1.14. The Hall–Kier alpha value is -1.71. The normalized spacial score (nSPS) is 10.4. The Kier molecular flexibility index (Phi) is 3.79. The number of nitrogens with zero attached hydrogens (tertiary/aromatic N) is 3. The molecule has 0 atom stereocenters. The highest BCUT2D eigenvalue weighted by atomic mass is 16.1. The molecule has 1 rings (SSSR count). The highest BCUT2D eigenvalue weighted by Gasteiger charge is 1.96. The molecule has 4 heteroatoms. The van der Waals surface area contributed by atoms with E-state index in [1.165, 1.54) is 0 Å². The number of carbonyl (C=O) groups is 1. The molecule has 14 heavy (non-hydrogen) atoms. The minimum Gasteiger partial charge on any atom is -0.347 e. The molecule has 1 aromatic heterocycles. The Morgan fingerprint density at radius 1 is 1.36 bits per heavy atom. The van der Waals surface area contributed by atoms with Crippen LogP contribution in [0.15, 0.2) is 18.5 Å². The fraction of sp³-hybridized carbons (Fsp3) is 0.300. The molecule has 0 aliphatic carbocycles. The lowest BCUT2D eigenvalue weighted by atomic mass is 10.3. The third-order valence-corrected chi connectivity index (χ3v) is 1.60. The first-order chi connectivity index (χ1) is 6.74. The van der Waals surface area contributed by atoms with E-state index in [0.29, 0.717) is 12.4 Å². The molecule has 0 bridgehead atoms. The summed E-state index contributed by atoms with van der Waals surface area (Å²) in [6, 6.07) is 0. The average Bonchev–Trinajstić information content (AvgIpc) is 2.19. The summed E-state index contributed by atoms with van der Waals surface area (Å²) in [4.78, 5) is 20.1. The van der Waals surface area contributed by atoms with E-state index in [2.05, 4.69) is 9.97 Å². The quantitative estimate of drug-likeness (QED) is 0.670. The maximum atomic E-state index is 10.0. The van der Waals surface area contributed by atoms with E-state index in [9.17, 15) is 4.79 Å². The highest BCUT2D eigenvalue weighted by molar-refractivity contribution is 5.57. The van der Waals surface area contributed by atoms with E-state index in [0.717, 1.165) is 11.8 Å². The summed E-state index contributed by atoms with van der Waals surface area (Å²) in [7, 11) is 3.77. The van der Waals surface area contributed by atoms with Gasteiger partial charge in [-0.15, -0.1) is 0 Å². The van der Waals surface area contributed by atoms with Crippen LogP contribution in [0.4, 0.5) is 5.95 Å². The van der Waals surface area contributed by atoms with Crippen molar-refractivity contribution in [3.05, 3.63) is 24.0 Å². The number of anilines is 1. The van der Waals surface area contributed by atoms with Crippen LogP contribution in [0, 0.1) is 0 Å². The summed E-state index contributed by atoms with van der Waals surface area (Å²) in [6.07, 6.45) is 8.34. The van der Waals surface area contributed by atoms with Gasteiger partial charge in [-0.1, -0.05) is 12.2 Å². The van der Waals surface area contributed by atoms with Crippen LogP contribution in [-0.4, -0.2) is 30.3 Å². The molecule has 0 fully saturated rings. The van der Waals surface area contributed by atoms with E-state index < -0.39 is 0 Å². The zero-order chi connectivity index (χ0) is 10.4. The molecule has 4 nitrogen and oxygen atoms in total. The van der Waals surface area contributed by atoms with Crippen LogP contribution >= 0.6 is 0 Å². The molecule has 0 N–H and O–H groups in total. The number of aromatic nitrogens is 2. The lowest BCUT2D eigenvalue weighted by Crippen LogP contribution is -2.12. The van der Waals surface area contributed by atoms with Crippen molar-refractivity contribution in [3.8, 4) is 0 Å². The second-order valence-electron chi connectivity index (χ2n) is 3.02. The van der Waals surface area contributed by atoms with Gasteiger partial charge in [0.2, 0.25) is 5.95 Å². The molecule has 74 valence electrons. The number of carbonyl (C=O) groups excluding carboxylic acids is 1. The molecule has 0 radical (unpaired) electrons. The fourth-order valence-electron chi connectivity index (χ4n) is 0.908. The molecule has 0 saturated heterocycles. The van der Waals surface area contributed by atoms with Crippen molar-refractivity contribution in [2.24, 2.45) is 0 Å². The molecule has 0 unspecified atom stereocenters. The molecule has 1 heterocycles. The minimum atomic E-state index is 0.426. The van der Waals surface area contributed by atoms with Crippen LogP contribution in [0.3, 0.4) is 0 Å². The highest BCUT2D eigenvalue weighted by Crippen LogP contribution is 2.04. The van der Waals surface area contributed by atoms with Gasteiger partial charge in [-0.2, -0.15) is 0 Å². The van der Waals surface area contributed by atoms with Crippen molar-refractivity contribution >= 4 is 18.3 Å². The maximum absolute atomic E-state index is 10.0. The first kappa shape index (κ1) is 10.4. The molecule has 0 aliphatic rings. The molecule has 0 saturated carbocycles. The van der Waals surface area contributed by atoms with E-state index >= 15 is 0 Å². The van der Waals surface area contributed by atoms with E-state index in [1.807, 2.05) is 25.1 Å². The summed E-state index contributed by atoms with van der Waals surface area (Å²) in [5.41, 5.74) is 0.900. The lowest BCUT2D eigenvalue weighted by molar-refractivity contribution is -0.107. The molecule has 0 aliphatic heterocycles. The minimum absolute atomic E-state index is 0.426. The first-order valence-corrected chi connectivity index (χ1v) is 4.33. The van der Waals surface area contributed by atoms with Gasteiger partial charge in [0.1, 0.15) is 6.29 Å². The van der Waals surface area contributed by atoms with Gasteiger partial charge in [-0.3, -0.25) is 0 Å². The summed E-state index contributed by atoms with van der Waals surface area (Å²) in [6.45, 7) is 0. The van der Waals surface area contributed by atoms with Crippen LogP contribution in [0.2, 0.25) is 0 Å². The van der Waals surface area contributed by atoms with Gasteiger partial charge in [-0.05, 0) is 0 Å². The van der Waals surface area contributed by atoms with E-state index in [1.54, 1.807) is 18.5 Å². The number of rotatable bonds is 4. The molecule has 0 aromatic carbocycles. The number of allylic oxidation sites excluding steroid dienone is 1. The molecule has 0 spiro atoms. The van der Waals surface area contributed by atoms with Gasteiger partial charge in [0.15, 0.2) is 0 Å². The van der Waals surface area contributed by atoms with Crippen molar-refractivity contribution < 1.29 is 4.79 Å². The molecular weight excluding hydrogens is 178 g/mol. The van der Waals surface area contributed by atoms with Gasteiger partial charge in [0.05, 0.1) is 0 Å². The zero-order valence-electron chi connectivity index (χ0n) is 8.34. The largest absolute Gasteiger partial charge is 0.347 e. The van der Waals surface area contributed by atoms with E-state index in [-0.39, 0.29) is 0 Å². The van der Waals surface area contributed by atoms with Crippen molar-refractivity contribution in [3.63, 3.8) is 0 Å². The SMILES string of the molecule is CN(C)c1ncc(C=CCC=O)cn1. The topological polar surface area (TPSA) is 46.1 Å². The van der Waals surface area contributed by atoms with Crippen LogP contribution in [-0.2, 0) is 4.79 Å². The van der Waals surface area contributed by atoms with Crippen molar-refractivity contribution in [2.45, 2.75) is 6.42 Å². The van der Waals surface area contributed by atoms with Crippen LogP contribution in [0.1, 0.15) is 12.0 Å². The van der Waals surface area contributed by atoms with Gasteiger partial charge in [-0.25, -0.2) is 9.97 Å². The Balaban J connectivity index is 2.68. The van der Waals surface area contributed by atoms with Crippen LogP contribution in [0.25, 0.3) is 6.08 Å². The summed E-state index contributed by atoms with van der Waals surface area (Å²) in [5.74, 6) is 0.678. The number of hydrogen-bond acceptors (Lipinski definition) is 4. The lowest BCUT2D eigenvalue weighted by Gasteiger charge is -2.08. The fourth-order valence-corrected chi connectivity index (χ4v) is 0.908. The molecule has 1 aromatic rings. The van der Waals surface area contributed by atoms with Crippen LogP contribution in [0.5, 0.6) is 0 Å². The summed E-state index contributed by atoms with van der Waals surface area (Å²) < 4.78 is 0. The standard InChI is InChI=1S/C10H13N3O/c1-13(2)10-11-7-9(8-12-10)5-3-4-6-14/h3,5-8H,4H2,1-2H3. The Morgan fingerprint density at radius 2 is 2.00 bits per heavy atom. The van der Waals surface area contributed by atoms with E-state index in [4.69, 9.17) is 0 Å². The van der Waals surface area contributed by atoms with Crippen molar-refractivity contribution in [2.75, 3.05) is 19.0 Å². The third kappa shape index (κ3) is 2.97. The van der Waals surface area contributed by atoms with Gasteiger partial charge in [0.25, 0.3) is 0 Å².